The minimum absolute atomic E-state index is 0.245. The minimum atomic E-state index is -4.84. The second kappa shape index (κ2) is 12.0. The molecule has 0 heterocycles. The number of carbonyl (C=O) groups excluding carboxylic acids is 1. The van der Waals surface area contributed by atoms with Crippen LogP contribution in [0, 0.1) is 28.6 Å². The van der Waals surface area contributed by atoms with Gasteiger partial charge in [0.05, 0.1) is 41.4 Å². The Morgan fingerprint density at radius 2 is 1.63 bits per heavy atom. The molecule has 3 aromatic carbocycles. The molecule has 0 amide bonds. The van der Waals surface area contributed by atoms with Gasteiger partial charge in [0.2, 0.25) is 0 Å². The van der Waals surface area contributed by atoms with Gasteiger partial charge in [-0.15, -0.1) is 0 Å². The van der Waals surface area contributed by atoms with Gasteiger partial charge in [-0.2, -0.15) is 23.7 Å². The van der Waals surface area contributed by atoms with Crippen LogP contribution in [0.5, 0.6) is 11.5 Å². The average molecular weight is 525 g/mol. The van der Waals surface area contributed by atoms with E-state index in [1.807, 2.05) is 6.07 Å². The third kappa shape index (κ3) is 7.38. The number of anilines is 1. The number of nitriles is 2. The molecule has 0 bridgehead atoms. The molecule has 3 aromatic rings. The van der Waals surface area contributed by atoms with E-state index in [2.05, 4.69) is 5.32 Å². The molecule has 2 atom stereocenters. The molecular formula is C27H22F3N3O5. The summed E-state index contributed by atoms with van der Waals surface area (Å²) in [6.07, 6.45) is -4.84. The largest absolute Gasteiger partial charge is 0.493 e. The second-order valence-corrected chi connectivity index (χ2v) is 8.12. The van der Waals surface area contributed by atoms with Crippen molar-refractivity contribution in [3.63, 3.8) is 0 Å². The van der Waals surface area contributed by atoms with Crippen molar-refractivity contribution in [1.29, 1.82) is 10.5 Å². The zero-order chi connectivity index (χ0) is 27.8. The molecule has 0 aromatic heterocycles. The number of hydrogen-bond donors (Lipinski definition) is 2. The number of halogens is 3. The number of para-hydroxylation sites is 1. The predicted molar refractivity (Wildman–Crippen MR) is 129 cm³/mol. The molecule has 0 saturated carbocycles. The molecule has 196 valence electrons. The van der Waals surface area contributed by atoms with Gasteiger partial charge in [-0.3, -0.25) is 0 Å². The Bertz CT molecular complexity index is 1340. The van der Waals surface area contributed by atoms with Gasteiger partial charge in [-0.05, 0) is 54.6 Å². The number of nitrogens with one attached hydrogen (secondary N) is 1. The molecule has 8 nitrogen and oxygen atoms in total. The monoisotopic (exact) mass is 525 g/mol. The summed E-state index contributed by atoms with van der Waals surface area (Å²) in [5.41, 5.74) is -1.71. The molecule has 38 heavy (non-hydrogen) atoms. The summed E-state index contributed by atoms with van der Waals surface area (Å²) in [7, 11) is 0. The van der Waals surface area contributed by atoms with Crippen LogP contribution in [0.25, 0.3) is 0 Å². The lowest BCUT2D eigenvalue weighted by Crippen LogP contribution is -2.51. The maximum atomic E-state index is 13.5. The topological polar surface area (TPSA) is 125 Å². The normalized spacial score (nSPS) is 13.2. The van der Waals surface area contributed by atoms with Crippen LogP contribution in [-0.2, 0) is 15.7 Å². The van der Waals surface area contributed by atoms with Crippen molar-refractivity contribution in [2.45, 2.75) is 19.0 Å². The number of benzene rings is 3. The molecule has 0 saturated heterocycles. The van der Waals surface area contributed by atoms with E-state index in [0.29, 0.717) is 23.1 Å². The van der Waals surface area contributed by atoms with E-state index in [1.54, 1.807) is 30.3 Å². The lowest BCUT2D eigenvalue weighted by molar-refractivity contribution is -0.220. The predicted octanol–water partition coefficient (Wildman–Crippen LogP) is 4.84. The van der Waals surface area contributed by atoms with Gasteiger partial charge in [-0.25, -0.2) is 4.79 Å². The summed E-state index contributed by atoms with van der Waals surface area (Å²) in [4.78, 5) is 12.6. The van der Waals surface area contributed by atoms with Crippen LogP contribution < -0.4 is 14.8 Å². The van der Waals surface area contributed by atoms with Crippen LogP contribution in [0.3, 0.4) is 0 Å². The Labute approximate surface area is 216 Å². The van der Waals surface area contributed by atoms with Crippen LogP contribution in [0.15, 0.2) is 72.8 Å². The summed E-state index contributed by atoms with van der Waals surface area (Å²) in [5, 5.41) is 31.7. The van der Waals surface area contributed by atoms with Crippen LogP contribution >= 0.6 is 0 Å². The zero-order valence-corrected chi connectivity index (χ0v) is 20.0. The number of alkyl halides is 3. The highest BCUT2D eigenvalue weighted by Crippen LogP contribution is 2.35. The fraction of sp³-hybridized carbons (Fsp3) is 0.222. The van der Waals surface area contributed by atoms with E-state index in [9.17, 15) is 23.1 Å². The summed E-state index contributed by atoms with van der Waals surface area (Å²) in [5.74, 6) is -3.89. The van der Waals surface area contributed by atoms with Crippen molar-refractivity contribution in [3.8, 4) is 23.6 Å². The van der Waals surface area contributed by atoms with Crippen molar-refractivity contribution in [1.82, 2.24) is 0 Å². The first-order valence-electron chi connectivity index (χ1n) is 11.2. The van der Waals surface area contributed by atoms with Crippen molar-refractivity contribution in [3.05, 3.63) is 89.5 Å². The van der Waals surface area contributed by atoms with Gasteiger partial charge >= 0.3 is 12.1 Å². The Hall–Kier alpha value is -4.74. The molecule has 0 aliphatic heterocycles. The molecule has 0 unspecified atom stereocenters. The van der Waals surface area contributed by atoms with Gasteiger partial charge < -0.3 is 24.6 Å². The van der Waals surface area contributed by atoms with Crippen molar-refractivity contribution in [2.24, 2.45) is 5.92 Å². The minimum Gasteiger partial charge on any atom is -0.493 e. The molecule has 0 aliphatic rings. The lowest BCUT2D eigenvalue weighted by Gasteiger charge is -2.34. The quantitative estimate of drug-likeness (QED) is 0.285. The number of nitrogens with zero attached hydrogens (tertiary/aromatic N) is 2. The SMILES string of the molecule is C[C@@H](COc1ccc(C#N)cc1)[C@@](O)(Nc1ccc(C#N)c(C(F)(F)F)c1)OC(=O)COc1ccccc1. The van der Waals surface area contributed by atoms with Gasteiger partial charge in [0, 0.05) is 5.69 Å². The van der Waals surface area contributed by atoms with E-state index in [1.165, 1.54) is 37.3 Å². The highest BCUT2D eigenvalue weighted by molar-refractivity contribution is 5.72. The number of rotatable bonds is 10. The Morgan fingerprint density at radius 1 is 0.974 bits per heavy atom. The number of hydrogen-bond acceptors (Lipinski definition) is 8. The smallest absolute Gasteiger partial charge is 0.417 e. The Balaban J connectivity index is 1.82. The summed E-state index contributed by atoms with van der Waals surface area (Å²) in [6, 6.07) is 20.5. The highest BCUT2D eigenvalue weighted by atomic mass is 19.4. The molecule has 3 rings (SSSR count). The first-order valence-corrected chi connectivity index (χ1v) is 11.2. The first kappa shape index (κ1) is 27.8. The molecule has 11 heteroatoms. The van der Waals surface area contributed by atoms with Crippen LogP contribution in [0.1, 0.15) is 23.6 Å². The summed E-state index contributed by atoms with van der Waals surface area (Å²) >= 11 is 0. The molecule has 0 aliphatic carbocycles. The third-order valence-corrected chi connectivity index (χ3v) is 5.29. The fourth-order valence-corrected chi connectivity index (χ4v) is 3.23. The number of aliphatic hydroxyl groups is 1. The Kier molecular flexibility index (Phi) is 8.79. The maximum absolute atomic E-state index is 13.5. The van der Waals surface area contributed by atoms with Gasteiger partial charge in [-0.1, -0.05) is 25.1 Å². The van der Waals surface area contributed by atoms with Crippen molar-refractivity contribution in [2.75, 3.05) is 18.5 Å². The Morgan fingerprint density at radius 3 is 2.24 bits per heavy atom. The number of esters is 1. The first-order chi connectivity index (χ1) is 18.0. The third-order valence-electron chi connectivity index (χ3n) is 5.29. The fourth-order valence-electron chi connectivity index (χ4n) is 3.23. The van der Waals surface area contributed by atoms with E-state index in [-0.39, 0.29) is 12.3 Å². The highest BCUT2D eigenvalue weighted by Gasteiger charge is 2.40. The second-order valence-electron chi connectivity index (χ2n) is 8.12. The van der Waals surface area contributed by atoms with Crippen LogP contribution in [-0.4, -0.2) is 30.2 Å². The summed E-state index contributed by atoms with van der Waals surface area (Å²) < 4.78 is 56.6. The maximum Gasteiger partial charge on any atom is 0.417 e. The standard InChI is InChI=1S/C27H22F3N3O5/c1-18(16-36-23-11-7-19(14-31)8-12-23)27(35,38-25(34)17-37-22-5-3-2-4-6-22)33-21-10-9-20(15-32)24(13-21)26(28,29)30/h2-13,18,33,35H,16-17H2,1H3/t18-,27-/m0/s1. The molecule has 2 N–H and O–H groups in total. The van der Waals surface area contributed by atoms with Crippen LogP contribution in [0.4, 0.5) is 18.9 Å². The number of ether oxygens (including phenoxy) is 3. The van der Waals surface area contributed by atoms with Gasteiger partial charge in [0.1, 0.15) is 11.5 Å². The molecular weight excluding hydrogens is 503 g/mol. The molecule has 0 radical (unpaired) electrons. The van der Waals surface area contributed by atoms with E-state index >= 15 is 0 Å². The molecule has 0 spiro atoms. The van der Waals surface area contributed by atoms with Gasteiger partial charge in [0.15, 0.2) is 6.61 Å². The van der Waals surface area contributed by atoms with Crippen molar-refractivity contribution < 1.29 is 37.3 Å². The van der Waals surface area contributed by atoms with Crippen LogP contribution in [0.2, 0.25) is 0 Å². The van der Waals surface area contributed by atoms with E-state index in [4.69, 9.17) is 24.7 Å². The summed E-state index contributed by atoms with van der Waals surface area (Å²) in [6.45, 7) is 0.597. The van der Waals surface area contributed by atoms with Gasteiger partial charge in [0.25, 0.3) is 5.91 Å². The van der Waals surface area contributed by atoms with E-state index in [0.717, 1.165) is 12.1 Å². The zero-order valence-electron chi connectivity index (χ0n) is 20.0. The average Bonchev–Trinajstić information content (AvgIpc) is 2.90. The number of carbonyl (C=O) groups is 1. The molecule has 0 fully saturated rings. The van der Waals surface area contributed by atoms with Crippen molar-refractivity contribution >= 4 is 11.7 Å². The lowest BCUT2D eigenvalue weighted by atomic mass is 10.0. The van der Waals surface area contributed by atoms with E-state index < -0.39 is 41.7 Å².